The second-order valence-corrected chi connectivity index (χ2v) is 8.53. The summed E-state index contributed by atoms with van der Waals surface area (Å²) < 4.78 is 70.8. The fourth-order valence-corrected chi connectivity index (χ4v) is 4.36. The van der Waals surface area contributed by atoms with Crippen molar-refractivity contribution in [2.24, 2.45) is 0 Å². The van der Waals surface area contributed by atoms with Gasteiger partial charge in [-0.05, 0) is 29.8 Å². The molecule has 0 N–H and O–H groups in total. The molecule has 0 aromatic carbocycles. The van der Waals surface area contributed by atoms with Gasteiger partial charge in [0.15, 0.2) is 0 Å². The molecule has 2 aromatic heterocycles. The third-order valence-corrected chi connectivity index (χ3v) is 6.76. The van der Waals surface area contributed by atoms with Crippen LogP contribution in [0.5, 0.6) is 0 Å². The number of nitrogens with zero attached hydrogens (tertiary/aromatic N) is 6. The largest absolute Gasteiger partial charge is 0.303 e. The number of pyridine rings is 1. The van der Waals surface area contributed by atoms with Crippen LogP contribution in [0.1, 0.15) is 32.8 Å². The van der Waals surface area contributed by atoms with Gasteiger partial charge in [0.1, 0.15) is 16.8 Å². The van der Waals surface area contributed by atoms with Gasteiger partial charge >= 0.3 is 10.2 Å². The van der Waals surface area contributed by atoms with Gasteiger partial charge in [0.05, 0.1) is 29.1 Å². The SMILES string of the molecule is [2H]C([2H])([2H])I.[2H]C([2H])([2H])N(c1ccc(C#N)nc1)S(=O)(=O)N1CCC(n2ncc(Cl)c(Cl)c2=O)CC1. The molecule has 0 radical (unpaired) electrons. The van der Waals surface area contributed by atoms with Crippen molar-refractivity contribution in [1.29, 1.82) is 5.26 Å². The zero-order valence-electron chi connectivity index (χ0n) is 21.2. The van der Waals surface area contributed by atoms with Crippen LogP contribution >= 0.6 is 45.8 Å². The van der Waals surface area contributed by atoms with E-state index in [2.05, 4.69) is 10.1 Å². The maximum atomic E-state index is 13.2. The van der Waals surface area contributed by atoms with Gasteiger partial charge in [-0.2, -0.15) is 23.1 Å². The predicted octanol–water partition coefficient (Wildman–Crippen LogP) is 2.89. The Hall–Kier alpha value is -1.46. The second-order valence-electron chi connectivity index (χ2n) is 5.97. The van der Waals surface area contributed by atoms with Gasteiger partial charge in [-0.25, -0.2) is 9.67 Å². The lowest BCUT2D eigenvalue weighted by molar-refractivity contribution is 0.255. The zero-order chi connectivity index (χ0) is 27.5. The lowest BCUT2D eigenvalue weighted by Gasteiger charge is -2.34. The number of hydrogen-bond donors (Lipinski definition) is 0. The maximum absolute atomic E-state index is 13.2. The molecule has 0 atom stereocenters. The smallest absolute Gasteiger partial charge is 0.266 e. The molecule has 0 saturated carbocycles. The van der Waals surface area contributed by atoms with Gasteiger partial charge in [-0.3, -0.25) is 9.10 Å². The first-order valence-corrected chi connectivity index (χ1v) is 11.5. The molecule has 0 unspecified atom stereocenters. The van der Waals surface area contributed by atoms with Crippen molar-refractivity contribution >= 4 is 61.7 Å². The first-order chi connectivity index (χ1) is 16.5. The van der Waals surface area contributed by atoms with Gasteiger partial charge < -0.3 is 0 Å². The first kappa shape index (κ1) is 17.1. The zero-order valence-corrected chi connectivity index (χ0v) is 19.7. The molecule has 30 heavy (non-hydrogen) atoms. The van der Waals surface area contributed by atoms with Crippen LogP contribution in [0.25, 0.3) is 0 Å². The fourth-order valence-electron chi connectivity index (χ4n) is 2.82. The van der Waals surface area contributed by atoms with E-state index in [1.807, 2.05) is 0 Å². The van der Waals surface area contributed by atoms with Gasteiger partial charge in [0, 0.05) is 28.3 Å². The van der Waals surface area contributed by atoms with E-state index in [1.165, 1.54) is 40.9 Å². The summed E-state index contributed by atoms with van der Waals surface area (Å²) in [5.41, 5.74) is -0.751. The molecule has 1 fully saturated rings. The van der Waals surface area contributed by atoms with Crippen LogP contribution < -0.4 is 9.86 Å². The molecule has 1 aliphatic heterocycles. The summed E-state index contributed by atoms with van der Waals surface area (Å²) in [4.78, 5) is 14.3. The Morgan fingerprint density at radius 2 is 2.00 bits per heavy atom. The van der Waals surface area contributed by atoms with E-state index in [0.717, 1.165) is 15.2 Å². The van der Waals surface area contributed by atoms with Gasteiger partial charge in [-0.15, -0.1) is 0 Å². The third-order valence-electron chi connectivity index (χ3n) is 4.32. The minimum Gasteiger partial charge on any atom is -0.266 e. The minimum absolute atomic E-state index is 0.0204. The molecule has 0 spiro atoms. The molecule has 1 saturated heterocycles. The highest BCUT2D eigenvalue weighted by Crippen LogP contribution is 2.26. The topological polar surface area (TPSA) is 112 Å². The van der Waals surface area contributed by atoms with Crippen LogP contribution in [0.15, 0.2) is 29.3 Å². The molecule has 0 aliphatic carbocycles. The summed E-state index contributed by atoms with van der Waals surface area (Å²) >= 11 is 13.0. The van der Waals surface area contributed by atoms with Gasteiger partial charge in [-0.1, -0.05) is 45.8 Å². The maximum Gasteiger partial charge on any atom is 0.303 e. The Labute approximate surface area is 207 Å². The van der Waals surface area contributed by atoms with Crippen molar-refractivity contribution in [2.45, 2.75) is 18.9 Å². The highest BCUT2D eigenvalue weighted by molar-refractivity contribution is 14.1. The highest BCUT2D eigenvalue weighted by atomic mass is 127. The molecule has 162 valence electrons. The average Bonchev–Trinajstić information content (AvgIpc) is 2.76. The molecule has 9 nitrogen and oxygen atoms in total. The molecule has 2 aromatic rings. The Kier molecular flexibility index (Phi) is 6.12. The molecule has 3 rings (SSSR count). The molecular formula is C17H19Cl2IN6O3S. The Morgan fingerprint density at radius 1 is 1.33 bits per heavy atom. The number of rotatable bonds is 4. The van der Waals surface area contributed by atoms with E-state index in [4.69, 9.17) is 36.7 Å². The van der Waals surface area contributed by atoms with E-state index >= 15 is 0 Å². The summed E-state index contributed by atoms with van der Waals surface area (Å²) in [5, 5.41) is 12.7. The van der Waals surface area contributed by atoms with Crippen molar-refractivity contribution in [3.63, 3.8) is 0 Å². The van der Waals surface area contributed by atoms with E-state index in [9.17, 15) is 13.2 Å². The monoisotopic (exact) mass is 590 g/mol. The Morgan fingerprint density at radius 3 is 2.53 bits per heavy atom. The summed E-state index contributed by atoms with van der Waals surface area (Å²) in [5.74, 6) is 0. The summed E-state index contributed by atoms with van der Waals surface area (Å²) in [6.07, 6.45) is 2.69. The predicted molar refractivity (Wildman–Crippen MR) is 125 cm³/mol. The van der Waals surface area contributed by atoms with Crippen molar-refractivity contribution in [3.8, 4) is 6.07 Å². The van der Waals surface area contributed by atoms with Gasteiger partial charge in [0.2, 0.25) is 0 Å². The summed E-state index contributed by atoms with van der Waals surface area (Å²) in [6, 6.07) is 3.80. The molecular weight excluding hydrogens is 566 g/mol. The second kappa shape index (κ2) is 10.7. The van der Waals surface area contributed by atoms with E-state index in [-0.39, 0.29) is 47.4 Å². The van der Waals surface area contributed by atoms with Crippen molar-refractivity contribution in [3.05, 3.63) is 50.6 Å². The van der Waals surface area contributed by atoms with Crippen LogP contribution in [-0.2, 0) is 10.2 Å². The number of piperidine rings is 1. The van der Waals surface area contributed by atoms with Crippen molar-refractivity contribution in [2.75, 3.05) is 29.2 Å². The van der Waals surface area contributed by atoms with E-state index < -0.39 is 33.6 Å². The van der Waals surface area contributed by atoms with Crippen molar-refractivity contribution in [1.82, 2.24) is 19.1 Å². The van der Waals surface area contributed by atoms with Crippen LogP contribution in [0.2, 0.25) is 10.0 Å². The lowest BCUT2D eigenvalue weighted by Crippen LogP contribution is -2.47. The van der Waals surface area contributed by atoms with E-state index in [0.29, 0.717) is 4.31 Å². The van der Waals surface area contributed by atoms with E-state index in [1.54, 1.807) is 6.07 Å². The number of aromatic nitrogens is 3. The average molecular weight is 591 g/mol. The van der Waals surface area contributed by atoms with Crippen LogP contribution in [0.4, 0.5) is 5.69 Å². The van der Waals surface area contributed by atoms with Crippen LogP contribution in [0, 0.1) is 11.3 Å². The number of halogens is 3. The molecule has 0 bridgehead atoms. The number of alkyl halides is 1. The standard InChI is InChI=1S/C16H16Cl2N6O3S.CH3I/c1-22(13-3-2-11(8-19)20-9-13)28(26,27)23-6-4-12(5-7-23)24-16(25)15(18)14(17)10-21-24;1-2/h2-3,9-10,12H,4-7H2,1H3;1H3/i2*1D3. The fraction of sp³-hybridized carbons (Fsp3) is 0.412. The van der Waals surface area contributed by atoms with Gasteiger partial charge in [0.25, 0.3) is 5.56 Å². The van der Waals surface area contributed by atoms with Crippen LogP contribution in [0.3, 0.4) is 0 Å². The quantitative estimate of drug-likeness (QED) is 0.400. The molecule has 1 aliphatic rings. The number of anilines is 1. The molecule has 13 heteroatoms. The third kappa shape index (κ3) is 5.23. The first-order valence-electron chi connectivity index (χ1n) is 11.2. The Bertz CT molecular complexity index is 1270. The van der Waals surface area contributed by atoms with Crippen LogP contribution in [-0.4, -0.2) is 52.4 Å². The summed E-state index contributed by atoms with van der Waals surface area (Å²) in [6.45, 7) is -3.11. The van der Waals surface area contributed by atoms with Crippen molar-refractivity contribution < 1.29 is 16.6 Å². The minimum atomic E-state index is -4.46. The number of hydrogen-bond acceptors (Lipinski definition) is 6. The number of nitriles is 1. The lowest BCUT2D eigenvalue weighted by atomic mass is 10.1. The Balaban J connectivity index is 0.000000830. The normalized spacial score (nSPS) is 18.9. The summed E-state index contributed by atoms with van der Waals surface area (Å²) in [7, 11) is -4.46. The highest BCUT2D eigenvalue weighted by Gasteiger charge is 2.33. The molecule has 0 amide bonds. The molecule has 3 heterocycles.